The van der Waals surface area contributed by atoms with Gasteiger partial charge in [0.25, 0.3) is 0 Å². The normalized spacial score (nSPS) is 13.7. The lowest BCUT2D eigenvalue weighted by Crippen LogP contribution is -2.43. The van der Waals surface area contributed by atoms with E-state index in [0.717, 1.165) is 23.4 Å². The SMILES string of the molecule is CCO[C@H](CN=[N+]=[N-])Cc1ccc(OCC(O[Si](C)(C)C(C)(C)C)c2ccc(CC)cn2)cc1. The van der Waals surface area contributed by atoms with Gasteiger partial charge in [0, 0.05) is 17.7 Å². The topological polar surface area (TPSA) is 89.3 Å². The smallest absolute Gasteiger partial charge is 0.193 e. The Morgan fingerprint density at radius 2 is 1.74 bits per heavy atom. The van der Waals surface area contributed by atoms with Gasteiger partial charge in [-0.05, 0) is 72.8 Å². The maximum atomic E-state index is 8.59. The number of hydrogen-bond acceptors (Lipinski definition) is 5. The second kappa shape index (κ2) is 12.9. The number of pyridine rings is 1. The molecule has 0 radical (unpaired) electrons. The molecule has 8 heteroatoms. The highest BCUT2D eigenvalue weighted by atomic mass is 28.4. The molecule has 0 fully saturated rings. The lowest BCUT2D eigenvalue weighted by atomic mass is 10.1. The van der Waals surface area contributed by atoms with Crippen LogP contribution in [0.15, 0.2) is 47.7 Å². The molecule has 0 bridgehead atoms. The van der Waals surface area contributed by atoms with Crippen molar-refractivity contribution in [2.45, 2.75) is 77.8 Å². The summed E-state index contributed by atoms with van der Waals surface area (Å²) in [5, 5.41) is 3.74. The van der Waals surface area contributed by atoms with Crippen LogP contribution in [0.4, 0.5) is 0 Å². The van der Waals surface area contributed by atoms with Crippen LogP contribution in [0.5, 0.6) is 5.75 Å². The predicted octanol–water partition coefficient (Wildman–Crippen LogP) is 7.04. The molecule has 2 aromatic rings. The lowest BCUT2D eigenvalue weighted by molar-refractivity contribution is 0.0695. The minimum atomic E-state index is -2.03. The van der Waals surface area contributed by atoms with Crippen LogP contribution in [0.25, 0.3) is 10.4 Å². The van der Waals surface area contributed by atoms with Gasteiger partial charge >= 0.3 is 0 Å². The average Bonchev–Trinajstić information content (AvgIpc) is 2.80. The van der Waals surface area contributed by atoms with Gasteiger partial charge < -0.3 is 13.9 Å². The highest BCUT2D eigenvalue weighted by molar-refractivity contribution is 6.74. The molecular weight excluding hydrogens is 444 g/mol. The van der Waals surface area contributed by atoms with Gasteiger partial charge in [-0.2, -0.15) is 0 Å². The standard InChI is InChI=1S/C26H40N4O3Si/c1-8-20-12-15-24(28-17-20)25(33-34(6,7)26(3,4)5)19-32-22-13-10-21(11-14-22)16-23(31-9-2)18-29-30-27/h10-15,17,23,25H,8-9,16,18-19H2,1-7H3/t23-,25?/m0/s1. The fourth-order valence-electron chi connectivity index (χ4n) is 3.24. The maximum Gasteiger partial charge on any atom is 0.193 e. The van der Waals surface area contributed by atoms with E-state index in [4.69, 9.17) is 19.4 Å². The van der Waals surface area contributed by atoms with Crippen molar-refractivity contribution in [3.8, 4) is 5.75 Å². The van der Waals surface area contributed by atoms with E-state index in [2.05, 4.69) is 67.9 Å². The van der Waals surface area contributed by atoms with Crippen LogP contribution >= 0.6 is 0 Å². The molecule has 0 amide bonds. The minimum absolute atomic E-state index is 0.0863. The summed E-state index contributed by atoms with van der Waals surface area (Å²) in [6, 6.07) is 12.1. The number of rotatable bonds is 13. The highest BCUT2D eigenvalue weighted by Crippen LogP contribution is 2.39. The Labute approximate surface area is 205 Å². The third-order valence-electron chi connectivity index (χ3n) is 6.37. The van der Waals surface area contributed by atoms with Crippen molar-refractivity contribution in [1.29, 1.82) is 0 Å². The molecule has 0 aliphatic carbocycles. The van der Waals surface area contributed by atoms with Crippen molar-refractivity contribution < 1.29 is 13.9 Å². The summed E-state index contributed by atoms with van der Waals surface area (Å²) in [6.07, 6.45) is 3.19. The Hall–Kier alpha value is -2.38. The van der Waals surface area contributed by atoms with Crippen LogP contribution in [0, 0.1) is 0 Å². The zero-order valence-corrected chi connectivity index (χ0v) is 22.7. The fourth-order valence-corrected chi connectivity index (χ4v) is 4.50. The van der Waals surface area contributed by atoms with Crippen molar-refractivity contribution in [1.82, 2.24) is 4.98 Å². The molecule has 0 saturated heterocycles. The molecular formula is C26H40N4O3Si. The number of hydrogen-bond donors (Lipinski definition) is 0. The monoisotopic (exact) mass is 484 g/mol. The highest BCUT2D eigenvalue weighted by Gasteiger charge is 2.40. The first-order chi connectivity index (χ1) is 16.1. The van der Waals surface area contributed by atoms with Gasteiger partial charge in [-0.25, -0.2) is 0 Å². The summed E-state index contributed by atoms with van der Waals surface area (Å²) in [5.74, 6) is 0.778. The minimum Gasteiger partial charge on any atom is -0.491 e. The van der Waals surface area contributed by atoms with Gasteiger partial charge in [-0.1, -0.05) is 51.0 Å². The number of benzene rings is 1. The fraction of sp³-hybridized carbons (Fsp3) is 0.577. The first-order valence-electron chi connectivity index (χ1n) is 12.1. The van der Waals surface area contributed by atoms with E-state index in [1.54, 1.807) is 0 Å². The van der Waals surface area contributed by atoms with E-state index in [-0.39, 0.29) is 17.2 Å². The van der Waals surface area contributed by atoms with Crippen LogP contribution in [0.3, 0.4) is 0 Å². The number of ether oxygens (including phenoxy) is 2. The number of aromatic nitrogens is 1. The number of aryl methyl sites for hydroxylation is 1. The van der Waals surface area contributed by atoms with E-state index in [9.17, 15) is 0 Å². The summed E-state index contributed by atoms with van der Waals surface area (Å²) in [4.78, 5) is 7.53. The molecule has 0 aliphatic rings. The van der Waals surface area contributed by atoms with Crippen molar-refractivity contribution >= 4 is 8.32 Å². The molecule has 34 heavy (non-hydrogen) atoms. The van der Waals surface area contributed by atoms with Crippen molar-refractivity contribution in [2.75, 3.05) is 19.8 Å². The van der Waals surface area contributed by atoms with Crippen LogP contribution in [0.1, 0.15) is 57.5 Å². The molecule has 1 aromatic heterocycles. The van der Waals surface area contributed by atoms with Crippen molar-refractivity contribution in [2.24, 2.45) is 5.11 Å². The molecule has 2 rings (SSSR count). The van der Waals surface area contributed by atoms with E-state index in [1.807, 2.05) is 37.4 Å². The molecule has 7 nitrogen and oxygen atoms in total. The maximum absolute atomic E-state index is 8.59. The van der Waals surface area contributed by atoms with Gasteiger partial charge in [0.15, 0.2) is 8.32 Å². The Morgan fingerprint density at radius 3 is 2.26 bits per heavy atom. The van der Waals surface area contributed by atoms with Crippen LogP contribution in [0.2, 0.25) is 18.1 Å². The van der Waals surface area contributed by atoms with Crippen LogP contribution in [-0.4, -0.2) is 39.2 Å². The predicted molar refractivity (Wildman–Crippen MR) is 140 cm³/mol. The van der Waals surface area contributed by atoms with Gasteiger partial charge in [0.05, 0.1) is 18.3 Å². The van der Waals surface area contributed by atoms with E-state index in [1.165, 1.54) is 5.56 Å². The number of azide groups is 1. The van der Waals surface area contributed by atoms with Crippen LogP contribution in [-0.2, 0) is 22.0 Å². The van der Waals surface area contributed by atoms with Gasteiger partial charge in [-0.15, -0.1) is 0 Å². The molecule has 0 saturated carbocycles. The Morgan fingerprint density at radius 1 is 1.06 bits per heavy atom. The second-order valence-electron chi connectivity index (χ2n) is 9.96. The molecule has 0 spiro atoms. The molecule has 2 atom stereocenters. The number of nitrogens with zero attached hydrogens (tertiary/aromatic N) is 4. The molecule has 0 aliphatic heterocycles. The Bertz CT molecular complexity index is 921. The molecule has 0 N–H and O–H groups in total. The largest absolute Gasteiger partial charge is 0.491 e. The first-order valence-corrected chi connectivity index (χ1v) is 15.0. The summed E-state index contributed by atoms with van der Waals surface area (Å²) >= 11 is 0. The van der Waals surface area contributed by atoms with E-state index in [0.29, 0.717) is 26.2 Å². The quantitative estimate of drug-likeness (QED) is 0.132. The average molecular weight is 485 g/mol. The Balaban J connectivity index is 2.11. The Kier molecular flexibility index (Phi) is 10.6. The molecule has 1 heterocycles. The summed E-state index contributed by atoms with van der Waals surface area (Å²) in [7, 11) is -2.03. The summed E-state index contributed by atoms with van der Waals surface area (Å²) in [6.45, 7) is 16.6. The zero-order valence-electron chi connectivity index (χ0n) is 21.7. The lowest BCUT2D eigenvalue weighted by Gasteiger charge is -2.39. The van der Waals surface area contributed by atoms with Gasteiger partial charge in [0.2, 0.25) is 0 Å². The van der Waals surface area contributed by atoms with E-state index < -0.39 is 8.32 Å². The molecule has 1 aromatic carbocycles. The summed E-state index contributed by atoms with van der Waals surface area (Å²) < 4.78 is 18.6. The molecule has 1 unspecified atom stereocenters. The van der Waals surface area contributed by atoms with Crippen LogP contribution < -0.4 is 4.74 Å². The van der Waals surface area contributed by atoms with E-state index >= 15 is 0 Å². The van der Waals surface area contributed by atoms with Gasteiger partial charge in [0.1, 0.15) is 18.5 Å². The van der Waals surface area contributed by atoms with Gasteiger partial charge in [-0.3, -0.25) is 4.98 Å². The first kappa shape index (κ1) is 27.9. The summed E-state index contributed by atoms with van der Waals surface area (Å²) in [5.41, 5.74) is 11.8. The third kappa shape index (κ3) is 8.44. The van der Waals surface area contributed by atoms with Crippen molar-refractivity contribution in [3.05, 3.63) is 69.9 Å². The van der Waals surface area contributed by atoms with Crippen molar-refractivity contribution in [3.63, 3.8) is 0 Å². The third-order valence-corrected chi connectivity index (χ3v) is 10.9. The molecule has 186 valence electrons. The zero-order chi connectivity index (χ0) is 25.2. The second-order valence-corrected chi connectivity index (χ2v) is 14.7.